The average molecular weight is 365 g/mol. The van der Waals surface area contributed by atoms with E-state index in [1.165, 1.54) is 0 Å². The molecule has 142 valence electrons. The summed E-state index contributed by atoms with van der Waals surface area (Å²) in [6.07, 6.45) is 6.91. The first kappa shape index (κ1) is 19.1. The number of nitrogens with zero attached hydrogens (tertiary/aromatic N) is 2. The van der Waals surface area contributed by atoms with Crippen LogP contribution in [-0.2, 0) is 16.0 Å². The second-order valence-corrected chi connectivity index (χ2v) is 7.38. The number of carbonyl (C=O) groups excluding carboxylic acids is 2. The number of rotatable bonds is 6. The number of carbonyl (C=O) groups is 2. The fraction of sp³-hybridized carbons (Fsp3) is 0.409. The van der Waals surface area contributed by atoms with Crippen molar-refractivity contribution in [2.45, 2.75) is 39.0 Å². The smallest absolute Gasteiger partial charge is 0.225 e. The van der Waals surface area contributed by atoms with Crippen molar-refractivity contribution in [3.63, 3.8) is 0 Å². The van der Waals surface area contributed by atoms with Crippen LogP contribution in [0.5, 0.6) is 0 Å². The normalized spacial score (nSPS) is 19.7. The summed E-state index contributed by atoms with van der Waals surface area (Å²) in [5, 5.41) is 0. The van der Waals surface area contributed by atoms with Crippen molar-refractivity contribution in [3.8, 4) is 11.1 Å². The summed E-state index contributed by atoms with van der Waals surface area (Å²) < 4.78 is 0. The minimum atomic E-state index is -0.717. The highest BCUT2D eigenvalue weighted by molar-refractivity contribution is 5.84. The third-order valence-corrected chi connectivity index (χ3v) is 5.45. The monoisotopic (exact) mass is 365 g/mol. The van der Waals surface area contributed by atoms with Gasteiger partial charge in [-0.25, -0.2) is 0 Å². The Balaban J connectivity index is 1.92. The molecule has 1 aliphatic heterocycles. The Labute approximate surface area is 160 Å². The van der Waals surface area contributed by atoms with Gasteiger partial charge in [0.2, 0.25) is 11.8 Å². The number of pyridine rings is 1. The van der Waals surface area contributed by atoms with Gasteiger partial charge in [-0.3, -0.25) is 14.6 Å². The van der Waals surface area contributed by atoms with Crippen molar-refractivity contribution in [2.75, 3.05) is 13.1 Å². The van der Waals surface area contributed by atoms with Gasteiger partial charge in [0.1, 0.15) is 0 Å². The summed E-state index contributed by atoms with van der Waals surface area (Å²) in [5.41, 5.74) is 8.39. The number of nitrogens with two attached hydrogens (primary N) is 1. The Morgan fingerprint density at radius 2 is 1.93 bits per heavy atom. The second kappa shape index (κ2) is 8.33. The van der Waals surface area contributed by atoms with Gasteiger partial charge in [0.05, 0.1) is 5.41 Å². The molecule has 27 heavy (non-hydrogen) atoms. The fourth-order valence-corrected chi connectivity index (χ4v) is 4.00. The first-order valence-electron chi connectivity index (χ1n) is 9.62. The van der Waals surface area contributed by atoms with Crippen LogP contribution < -0.4 is 5.73 Å². The van der Waals surface area contributed by atoms with Gasteiger partial charge >= 0.3 is 0 Å². The first-order chi connectivity index (χ1) is 13.1. The molecule has 0 aliphatic carbocycles. The zero-order valence-electron chi connectivity index (χ0n) is 15.9. The Kier molecular flexibility index (Phi) is 5.89. The molecule has 5 heteroatoms. The van der Waals surface area contributed by atoms with Gasteiger partial charge in [0, 0.05) is 31.9 Å². The van der Waals surface area contributed by atoms with Gasteiger partial charge in [-0.05, 0) is 54.5 Å². The molecule has 0 radical (unpaired) electrons. The third-order valence-electron chi connectivity index (χ3n) is 5.45. The quantitative estimate of drug-likeness (QED) is 0.854. The van der Waals surface area contributed by atoms with Crippen molar-refractivity contribution >= 4 is 11.8 Å². The van der Waals surface area contributed by atoms with Crippen LogP contribution in [0.2, 0.25) is 0 Å². The van der Waals surface area contributed by atoms with E-state index >= 15 is 0 Å². The zero-order valence-corrected chi connectivity index (χ0v) is 15.9. The van der Waals surface area contributed by atoms with Crippen molar-refractivity contribution < 1.29 is 9.59 Å². The second-order valence-electron chi connectivity index (χ2n) is 7.38. The summed E-state index contributed by atoms with van der Waals surface area (Å²) in [6.45, 7) is 3.11. The van der Waals surface area contributed by atoms with E-state index in [1.54, 1.807) is 12.4 Å². The molecule has 0 spiro atoms. The molecule has 5 nitrogen and oxygen atoms in total. The third kappa shape index (κ3) is 4.18. The summed E-state index contributed by atoms with van der Waals surface area (Å²) in [7, 11) is 0. The van der Waals surface area contributed by atoms with Gasteiger partial charge in [-0.2, -0.15) is 0 Å². The van der Waals surface area contributed by atoms with Crippen LogP contribution in [0.4, 0.5) is 0 Å². The summed E-state index contributed by atoms with van der Waals surface area (Å²) in [5.74, 6) is -0.203. The van der Waals surface area contributed by atoms with Gasteiger partial charge in [-0.1, -0.05) is 31.2 Å². The largest absolute Gasteiger partial charge is 0.369 e. The molecule has 2 N–H and O–H groups in total. The average Bonchev–Trinajstić information content (AvgIpc) is 2.69. The maximum atomic E-state index is 12.5. The van der Waals surface area contributed by atoms with Crippen LogP contribution in [0.3, 0.4) is 0 Å². The highest BCUT2D eigenvalue weighted by Crippen LogP contribution is 2.36. The van der Waals surface area contributed by atoms with Crippen LogP contribution in [0.25, 0.3) is 11.1 Å². The maximum Gasteiger partial charge on any atom is 0.225 e. The van der Waals surface area contributed by atoms with Crippen LogP contribution in [0.15, 0.2) is 48.8 Å². The van der Waals surface area contributed by atoms with E-state index < -0.39 is 5.41 Å². The van der Waals surface area contributed by atoms with E-state index in [9.17, 15) is 9.59 Å². The van der Waals surface area contributed by atoms with E-state index in [0.717, 1.165) is 29.5 Å². The molecule has 0 saturated carbocycles. The van der Waals surface area contributed by atoms with Crippen LogP contribution in [-0.4, -0.2) is 34.8 Å². The first-order valence-corrected chi connectivity index (χ1v) is 9.62. The Hall–Kier alpha value is -2.69. The molecule has 2 heterocycles. The van der Waals surface area contributed by atoms with Crippen molar-refractivity contribution in [2.24, 2.45) is 11.1 Å². The Morgan fingerprint density at radius 3 is 2.63 bits per heavy atom. The number of benzene rings is 1. The highest BCUT2D eigenvalue weighted by atomic mass is 16.2. The molecule has 2 amide bonds. The fourth-order valence-electron chi connectivity index (χ4n) is 4.00. The standard InChI is InChI=1S/C22H27N3O2/c1-2-6-20(26)25-14-5-11-22(16-25,21(23)27)15-18-7-3-4-8-19(18)17-9-12-24-13-10-17/h3-4,7-10,12-13H,2,5-6,11,14-16H2,1H3,(H2,23,27)/t22-/m1/s1. The lowest BCUT2D eigenvalue weighted by atomic mass is 9.73. The number of piperidine rings is 1. The molecular formula is C22H27N3O2. The van der Waals surface area contributed by atoms with Crippen molar-refractivity contribution in [1.82, 2.24) is 9.88 Å². The van der Waals surface area contributed by atoms with Gasteiger partial charge in [0.15, 0.2) is 0 Å². The van der Waals surface area contributed by atoms with Gasteiger partial charge in [-0.15, -0.1) is 0 Å². The SMILES string of the molecule is CCCC(=O)N1CCC[C@](Cc2ccccc2-c2ccncc2)(C(N)=O)C1. The summed E-state index contributed by atoms with van der Waals surface area (Å²) >= 11 is 0. The van der Waals surface area contributed by atoms with E-state index in [-0.39, 0.29) is 11.8 Å². The lowest BCUT2D eigenvalue weighted by Gasteiger charge is -2.41. The summed E-state index contributed by atoms with van der Waals surface area (Å²) in [4.78, 5) is 30.9. The number of primary amides is 1. The van der Waals surface area contributed by atoms with Gasteiger partial charge in [0.25, 0.3) is 0 Å². The number of hydrogen-bond acceptors (Lipinski definition) is 3. The van der Waals surface area contributed by atoms with E-state index in [0.29, 0.717) is 32.4 Å². The highest BCUT2D eigenvalue weighted by Gasteiger charge is 2.42. The van der Waals surface area contributed by atoms with Crippen LogP contribution >= 0.6 is 0 Å². The van der Waals surface area contributed by atoms with Crippen molar-refractivity contribution in [3.05, 3.63) is 54.4 Å². The predicted octanol–water partition coefficient (Wildman–Crippen LogP) is 3.19. The molecule has 1 fully saturated rings. The molecule has 0 unspecified atom stereocenters. The minimum Gasteiger partial charge on any atom is -0.369 e. The topological polar surface area (TPSA) is 76.3 Å². The van der Waals surface area contributed by atoms with E-state index in [4.69, 9.17) is 5.73 Å². The molecule has 3 rings (SSSR count). The number of hydrogen-bond donors (Lipinski definition) is 1. The molecule has 1 aliphatic rings. The van der Waals surface area contributed by atoms with Crippen LogP contribution in [0, 0.1) is 5.41 Å². The maximum absolute atomic E-state index is 12.5. The van der Waals surface area contributed by atoms with Crippen molar-refractivity contribution in [1.29, 1.82) is 0 Å². The predicted molar refractivity (Wildman–Crippen MR) is 106 cm³/mol. The van der Waals surface area contributed by atoms with Gasteiger partial charge < -0.3 is 10.6 Å². The molecule has 1 atom stereocenters. The number of aromatic nitrogens is 1. The molecule has 1 saturated heterocycles. The van der Waals surface area contributed by atoms with Crippen LogP contribution in [0.1, 0.15) is 38.2 Å². The lowest BCUT2D eigenvalue weighted by Crippen LogP contribution is -2.53. The number of likely N-dealkylation sites (tertiary alicyclic amines) is 1. The number of amides is 2. The zero-order chi connectivity index (χ0) is 19.3. The van der Waals surface area contributed by atoms with E-state index in [1.807, 2.05) is 42.2 Å². The Bertz CT molecular complexity index is 806. The minimum absolute atomic E-state index is 0.116. The van der Waals surface area contributed by atoms with E-state index in [2.05, 4.69) is 11.1 Å². The molecule has 2 aromatic rings. The Morgan fingerprint density at radius 1 is 1.19 bits per heavy atom. The molecule has 0 bridgehead atoms. The molecule has 1 aromatic carbocycles. The molecular weight excluding hydrogens is 338 g/mol. The summed E-state index contributed by atoms with van der Waals surface area (Å²) in [6, 6.07) is 12.0. The molecule has 1 aromatic heterocycles. The lowest BCUT2D eigenvalue weighted by molar-refractivity contribution is -0.140.